The van der Waals surface area contributed by atoms with Gasteiger partial charge in [0.25, 0.3) is 0 Å². The summed E-state index contributed by atoms with van der Waals surface area (Å²) in [6, 6.07) is 7.79. The molecule has 5 rings (SSSR count). The predicted octanol–water partition coefficient (Wildman–Crippen LogP) is 6.02. The number of rotatable bonds is 4. The third kappa shape index (κ3) is 4.55. The van der Waals surface area contributed by atoms with Gasteiger partial charge in [-0.15, -0.1) is 0 Å². The third-order valence-corrected chi connectivity index (χ3v) is 6.22. The van der Waals surface area contributed by atoms with Gasteiger partial charge < -0.3 is 10.6 Å². The van der Waals surface area contributed by atoms with E-state index >= 15 is 0 Å². The van der Waals surface area contributed by atoms with Crippen LogP contribution in [0.1, 0.15) is 31.4 Å². The maximum Gasteiger partial charge on any atom is 0.433 e. The lowest BCUT2D eigenvalue weighted by atomic mass is 9.90. The SMILES string of the molecule is Cn1cc2c(N[C@@H]3CCC[C@H](Nc4cc(C(F)(F)F)nc5ccc(Cl)cc45)C3)nccc2n1. The molecule has 3 aromatic heterocycles. The summed E-state index contributed by atoms with van der Waals surface area (Å²) in [5, 5.41) is 13.2. The Morgan fingerprint density at radius 3 is 2.61 bits per heavy atom. The fourth-order valence-electron chi connectivity index (χ4n) is 4.51. The lowest BCUT2D eigenvalue weighted by Gasteiger charge is -2.32. The number of alkyl halides is 3. The van der Waals surface area contributed by atoms with Crippen molar-refractivity contribution in [1.29, 1.82) is 0 Å². The molecule has 1 aliphatic rings. The number of benzene rings is 1. The average Bonchev–Trinajstić information content (AvgIpc) is 3.15. The van der Waals surface area contributed by atoms with Crippen molar-refractivity contribution in [2.75, 3.05) is 10.6 Å². The number of halogens is 4. The predicted molar refractivity (Wildman–Crippen MR) is 124 cm³/mol. The van der Waals surface area contributed by atoms with E-state index in [1.165, 1.54) is 6.07 Å². The lowest BCUT2D eigenvalue weighted by molar-refractivity contribution is -0.140. The fourth-order valence-corrected chi connectivity index (χ4v) is 4.68. The molecule has 0 spiro atoms. The van der Waals surface area contributed by atoms with Crippen LogP contribution in [0.4, 0.5) is 24.7 Å². The van der Waals surface area contributed by atoms with E-state index in [0.717, 1.165) is 48.5 Å². The highest BCUT2D eigenvalue weighted by Crippen LogP contribution is 2.35. The van der Waals surface area contributed by atoms with Crippen LogP contribution in [0.5, 0.6) is 0 Å². The Morgan fingerprint density at radius 1 is 1.03 bits per heavy atom. The van der Waals surface area contributed by atoms with Gasteiger partial charge >= 0.3 is 6.18 Å². The minimum absolute atomic E-state index is 0.00461. The number of nitrogens with one attached hydrogen (secondary N) is 2. The van der Waals surface area contributed by atoms with Crippen molar-refractivity contribution in [2.45, 2.75) is 43.9 Å². The van der Waals surface area contributed by atoms with E-state index in [4.69, 9.17) is 11.6 Å². The van der Waals surface area contributed by atoms with Gasteiger partial charge in [0.2, 0.25) is 0 Å². The highest BCUT2D eigenvalue weighted by molar-refractivity contribution is 6.31. The molecule has 0 bridgehead atoms. The van der Waals surface area contributed by atoms with Gasteiger partial charge in [-0.1, -0.05) is 11.6 Å². The quantitative estimate of drug-likeness (QED) is 0.378. The second kappa shape index (κ2) is 8.37. The molecule has 6 nitrogen and oxygen atoms in total. The van der Waals surface area contributed by atoms with Crippen molar-refractivity contribution in [3.05, 3.63) is 53.4 Å². The van der Waals surface area contributed by atoms with Crippen molar-refractivity contribution in [1.82, 2.24) is 19.7 Å². The number of aromatic nitrogens is 4. The van der Waals surface area contributed by atoms with Crippen molar-refractivity contribution < 1.29 is 13.2 Å². The Kier molecular flexibility index (Phi) is 5.52. The van der Waals surface area contributed by atoms with Crippen molar-refractivity contribution in [2.24, 2.45) is 7.05 Å². The Hall–Kier alpha value is -3.07. The van der Waals surface area contributed by atoms with Crippen molar-refractivity contribution >= 4 is 44.9 Å². The summed E-state index contributed by atoms with van der Waals surface area (Å²) in [5.41, 5.74) is 0.598. The first-order valence-electron chi connectivity index (χ1n) is 10.8. The van der Waals surface area contributed by atoms with Gasteiger partial charge in [0.05, 0.1) is 16.4 Å². The van der Waals surface area contributed by atoms with Crippen molar-refractivity contribution in [3.63, 3.8) is 0 Å². The minimum atomic E-state index is -4.53. The monoisotopic (exact) mass is 474 g/mol. The van der Waals surface area contributed by atoms with E-state index < -0.39 is 11.9 Å². The molecular weight excluding hydrogens is 453 g/mol. The van der Waals surface area contributed by atoms with Gasteiger partial charge in [0, 0.05) is 47.6 Å². The van der Waals surface area contributed by atoms with Gasteiger partial charge in [-0.25, -0.2) is 9.97 Å². The molecule has 0 amide bonds. The maximum atomic E-state index is 13.4. The number of fused-ring (bicyclic) bond motifs is 2. The molecule has 2 atom stereocenters. The summed E-state index contributed by atoms with van der Waals surface area (Å²) in [5.74, 6) is 0.770. The number of hydrogen-bond donors (Lipinski definition) is 2. The van der Waals surface area contributed by atoms with Gasteiger partial charge in [0.15, 0.2) is 0 Å². The number of pyridine rings is 2. The molecule has 1 fully saturated rings. The Morgan fingerprint density at radius 2 is 1.82 bits per heavy atom. The fraction of sp³-hybridized carbons (Fsp3) is 0.348. The maximum absolute atomic E-state index is 13.4. The summed E-state index contributed by atoms with van der Waals surface area (Å²) in [6.45, 7) is 0. The first kappa shape index (κ1) is 21.8. The van der Waals surface area contributed by atoms with E-state index in [9.17, 15) is 13.2 Å². The van der Waals surface area contributed by atoms with Crippen LogP contribution in [-0.4, -0.2) is 31.8 Å². The summed E-state index contributed by atoms with van der Waals surface area (Å²) < 4.78 is 42.1. The molecule has 0 unspecified atom stereocenters. The number of aryl methyl sites for hydroxylation is 1. The van der Waals surface area contributed by atoms with Crippen LogP contribution < -0.4 is 10.6 Å². The second-order valence-electron chi connectivity index (χ2n) is 8.46. The van der Waals surface area contributed by atoms with E-state index in [-0.39, 0.29) is 17.6 Å². The molecule has 0 radical (unpaired) electrons. The lowest BCUT2D eigenvalue weighted by Crippen LogP contribution is -2.34. The highest BCUT2D eigenvalue weighted by atomic mass is 35.5. The van der Waals surface area contributed by atoms with Gasteiger partial charge in [0.1, 0.15) is 11.5 Å². The molecule has 10 heteroatoms. The first-order valence-corrected chi connectivity index (χ1v) is 11.1. The molecule has 1 saturated carbocycles. The number of anilines is 2. The second-order valence-corrected chi connectivity index (χ2v) is 8.89. The summed E-state index contributed by atoms with van der Waals surface area (Å²) in [6.07, 6.45) is 2.60. The molecular formula is C23H22ClF3N6. The van der Waals surface area contributed by atoms with E-state index in [1.807, 2.05) is 19.3 Å². The Bertz CT molecular complexity index is 1320. The Labute approximate surface area is 193 Å². The van der Waals surface area contributed by atoms with Crippen LogP contribution in [0.25, 0.3) is 21.8 Å². The zero-order valence-electron chi connectivity index (χ0n) is 17.8. The van der Waals surface area contributed by atoms with Gasteiger partial charge in [-0.3, -0.25) is 4.68 Å². The first-order chi connectivity index (χ1) is 15.8. The summed E-state index contributed by atoms with van der Waals surface area (Å²) in [4.78, 5) is 8.27. The molecule has 172 valence electrons. The van der Waals surface area contributed by atoms with Crippen LogP contribution in [0.2, 0.25) is 5.02 Å². The number of nitrogens with zero attached hydrogens (tertiary/aromatic N) is 4. The normalized spacial score (nSPS) is 19.2. The van der Waals surface area contributed by atoms with Gasteiger partial charge in [-0.2, -0.15) is 18.3 Å². The van der Waals surface area contributed by atoms with Gasteiger partial charge in [-0.05, 0) is 56.0 Å². The topological polar surface area (TPSA) is 67.7 Å². The average molecular weight is 475 g/mol. The van der Waals surface area contributed by atoms with E-state index in [0.29, 0.717) is 16.1 Å². The third-order valence-electron chi connectivity index (χ3n) is 5.98. The van der Waals surface area contributed by atoms with Crippen molar-refractivity contribution in [3.8, 4) is 0 Å². The summed E-state index contributed by atoms with van der Waals surface area (Å²) >= 11 is 6.12. The summed E-state index contributed by atoms with van der Waals surface area (Å²) in [7, 11) is 1.87. The molecule has 2 N–H and O–H groups in total. The zero-order chi connectivity index (χ0) is 23.2. The Balaban J connectivity index is 1.40. The molecule has 4 aromatic rings. The smallest absolute Gasteiger partial charge is 0.382 e. The number of hydrogen-bond acceptors (Lipinski definition) is 5. The molecule has 3 heterocycles. The standard InChI is InChI=1S/C23H22ClF3N6/c1-33-12-17-19(32-33)7-8-28-22(17)30-15-4-2-3-14(10-15)29-20-11-21(23(25,26)27)31-18-6-5-13(24)9-16(18)20/h5-9,11-12,14-15H,2-4,10H2,1H3,(H,28,30)(H,29,31)/t14-,15+/m0/s1. The highest BCUT2D eigenvalue weighted by Gasteiger charge is 2.34. The van der Waals surface area contributed by atoms with Crippen LogP contribution >= 0.6 is 11.6 Å². The van der Waals surface area contributed by atoms with Crippen LogP contribution in [0.15, 0.2) is 42.7 Å². The zero-order valence-corrected chi connectivity index (χ0v) is 18.6. The van der Waals surface area contributed by atoms with Crippen LogP contribution in [-0.2, 0) is 13.2 Å². The molecule has 0 saturated heterocycles. The van der Waals surface area contributed by atoms with Crippen LogP contribution in [0, 0.1) is 0 Å². The minimum Gasteiger partial charge on any atom is -0.382 e. The molecule has 1 aliphatic carbocycles. The van der Waals surface area contributed by atoms with Crippen LogP contribution in [0.3, 0.4) is 0 Å². The molecule has 33 heavy (non-hydrogen) atoms. The largest absolute Gasteiger partial charge is 0.433 e. The molecule has 1 aromatic carbocycles. The molecule has 0 aliphatic heterocycles. The van der Waals surface area contributed by atoms with E-state index in [1.54, 1.807) is 23.0 Å². The van der Waals surface area contributed by atoms with E-state index in [2.05, 4.69) is 25.7 Å².